The highest BCUT2D eigenvalue weighted by Gasteiger charge is 2.15. The molecule has 1 N–H and O–H groups in total. The molecule has 0 spiro atoms. The molecule has 0 aromatic heterocycles. The summed E-state index contributed by atoms with van der Waals surface area (Å²) in [4.78, 5) is 11.7. The fourth-order valence-corrected chi connectivity index (χ4v) is 2.49. The van der Waals surface area contributed by atoms with Crippen molar-refractivity contribution in [2.24, 2.45) is 0 Å². The third-order valence-electron chi connectivity index (χ3n) is 3.07. The molecule has 1 aliphatic rings. The van der Waals surface area contributed by atoms with Crippen LogP contribution in [-0.4, -0.2) is 11.9 Å². The summed E-state index contributed by atoms with van der Waals surface area (Å²) in [5, 5.41) is 4.18. The number of nitrogens with one attached hydrogen (secondary N) is 1. The molecule has 0 saturated heterocycles. The number of hydrogen-bond acceptors (Lipinski definition) is 1. The number of benzene rings is 1. The molecule has 18 heavy (non-hydrogen) atoms. The lowest BCUT2D eigenvalue weighted by molar-refractivity contribution is -0.117. The molecule has 1 amide bonds. The van der Waals surface area contributed by atoms with E-state index >= 15 is 0 Å². The van der Waals surface area contributed by atoms with Crippen LogP contribution in [0.5, 0.6) is 0 Å². The first kappa shape index (κ1) is 13.4. The molecule has 0 aliphatic heterocycles. The number of rotatable bonds is 3. The van der Waals surface area contributed by atoms with Crippen molar-refractivity contribution < 1.29 is 4.79 Å². The quantitative estimate of drug-likeness (QED) is 0.833. The lowest BCUT2D eigenvalue weighted by Gasteiger charge is -2.09. The minimum absolute atomic E-state index is 0.0713. The van der Waals surface area contributed by atoms with Crippen molar-refractivity contribution in [3.05, 3.63) is 39.9 Å². The van der Waals surface area contributed by atoms with Gasteiger partial charge in [0.05, 0.1) is 0 Å². The van der Waals surface area contributed by atoms with Crippen molar-refractivity contribution in [2.75, 3.05) is 0 Å². The molecule has 0 radical (unpaired) electrons. The first-order valence-corrected chi connectivity index (χ1v) is 6.84. The SMILES string of the molecule is O=C(/C=C/c1cc(Cl)ccc1Cl)NC1CCCC1. The molecule has 0 atom stereocenters. The predicted octanol–water partition coefficient (Wildman–Crippen LogP) is 4.07. The van der Waals surface area contributed by atoms with Crippen molar-refractivity contribution in [3.8, 4) is 0 Å². The lowest BCUT2D eigenvalue weighted by atomic mass is 10.2. The maximum Gasteiger partial charge on any atom is 0.244 e. The molecule has 0 heterocycles. The Morgan fingerprint density at radius 1 is 1.28 bits per heavy atom. The molecule has 96 valence electrons. The van der Waals surface area contributed by atoms with Gasteiger partial charge in [0, 0.05) is 22.2 Å². The van der Waals surface area contributed by atoms with E-state index in [-0.39, 0.29) is 5.91 Å². The average molecular weight is 284 g/mol. The van der Waals surface area contributed by atoms with Gasteiger partial charge in [-0.2, -0.15) is 0 Å². The highest BCUT2D eigenvalue weighted by molar-refractivity contribution is 6.34. The van der Waals surface area contributed by atoms with Crippen LogP contribution in [0.4, 0.5) is 0 Å². The zero-order valence-electron chi connectivity index (χ0n) is 9.96. The fourth-order valence-electron chi connectivity index (χ4n) is 2.13. The minimum atomic E-state index is -0.0713. The smallest absolute Gasteiger partial charge is 0.244 e. The summed E-state index contributed by atoms with van der Waals surface area (Å²) in [6, 6.07) is 5.51. The molecule has 1 aliphatic carbocycles. The second-order valence-corrected chi connectivity index (χ2v) is 5.33. The van der Waals surface area contributed by atoms with E-state index in [4.69, 9.17) is 23.2 Å². The van der Waals surface area contributed by atoms with E-state index in [0.29, 0.717) is 16.1 Å². The van der Waals surface area contributed by atoms with Crippen molar-refractivity contribution >= 4 is 35.2 Å². The largest absolute Gasteiger partial charge is 0.350 e. The average Bonchev–Trinajstić information content (AvgIpc) is 2.83. The first-order valence-electron chi connectivity index (χ1n) is 6.09. The van der Waals surface area contributed by atoms with Crippen molar-refractivity contribution in [1.82, 2.24) is 5.32 Å². The van der Waals surface area contributed by atoms with Gasteiger partial charge in [-0.15, -0.1) is 0 Å². The maximum atomic E-state index is 11.7. The summed E-state index contributed by atoms with van der Waals surface area (Å²) >= 11 is 11.9. The molecule has 1 aromatic carbocycles. The van der Waals surface area contributed by atoms with Crippen molar-refractivity contribution in [1.29, 1.82) is 0 Å². The Morgan fingerprint density at radius 3 is 2.72 bits per heavy atom. The monoisotopic (exact) mass is 283 g/mol. The van der Waals surface area contributed by atoms with E-state index in [1.807, 2.05) is 0 Å². The summed E-state index contributed by atoms with van der Waals surface area (Å²) < 4.78 is 0. The van der Waals surface area contributed by atoms with Crippen LogP contribution in [0.1, 0.15) is 31.2 Å². The Hall–Kier alpha value is -0.990. The van der Waals surface area contributed by atoms with Crippen LogP contribution >= 0.6 is 23.2 Å². The summed E-state index contributed by atoms with van der Waals surface area (Å²) in [7, 11) is 0. The van der Waals surface area contributed by atoms with Crippen molar-refractivity contribution in [2.45, 2.75) is 31.7 Å². The zero-order chi connectivity index (χ0) is 13.0. The zero-order valence-corrected chi connectivity index (χ0v) is 11.5. The van der Waals surface area contributed by atoms with E-state index < -0.39 is 0 Å². The van der Waals surface area contributed by atoms with Gasteiger partial charge in [-0.05, 0) is 42.7 Å². The summed E-state index contributed by atoms with van der Waals surface area (Å²) in [6.45, 7) is 0. The fraction of sp³-hybridized carbons (Fsp3) is 0.357. The second kappa shape index (κ2) is 6.26. The number of amides is 1. The molecule has 0 unspecified atom stereocenters. The highest BCUT2D eigenvalue weighted by atomic mass is 35.5. The minimum Gasteiger partial charge on any atom is -0.350 e. The Balaban J connectivity index is 1.96. The van der Waals surface area contributed by atoms with Gasteiger partial charge in [0.25, 0.3) is 0 Å². The molecule has 0 bridgehead atoms. The van der Waals surface area contributed by atoms with Crippen LogP contribution in [0.3, 0.4) is 0 Å². The molecule has 1 saturated carbocycles. The van der Waals surface area contributed by atoms with E-state index in [0.717, 1.165) is 18.4 Å². The summed E-state index contributed by atoms with van der Waals surface area (Å²) in [5.41, 5.74) is 0.755. The Kier molecular flexibility index (Phi) is 4.67. The van der Waals surface area contributed by atoms with E-state index in [9.17, 15) is 4.79 Å². The van der Waals surface area contributed by atoms with Crippen LogP contribution in [0.15, 0.2) is 24.3 Å². The third-order valence-corrected chi connectivity index (χ3v) is 3.65. The number of carbonyl (C=O) groups excluding carboxylic acids is 1. The van der Waals surface area contributed by atoms with Crippen molar-refractivity contribution in [3.63, 3.8) is 0 Å². The van der Waals surface area contributed by atoms with Crippen LogP contribution in [0, 0.1) is 0 Å². The highest BCUT2D eigenvalue weighted by Crippen LogP contribution is 2.22. The Morgan fingerprint density at radius 2 is 2.00 bits per heavy atom. The van der Waals surface area contributed by atoms with Gasteiger partial charge in [0.1, 0.15) is 0 Å². The van der Waals surface area contributed by atoms with Gasteiger partial charge in [-0.25, -0.2) is 0 Å². The van der Waals surface area contributed by atoms with Gasteiger partial charge < -0.3 is 5.32 Å². The van der Waals surface area contributed by atoms with Crippen LogP contribution in [0.2, 0.25) is 10.0 Å². The van der Waals surface area contributed by atoms with E-state index in [1.54, 1.807) is 24.3 Å². The summed E-state index contributed by atoms with van der Waals surface area (Å²) in [5.74, 6) is -0.0713. The maximum absolute atomic E-state index is 11.7. The first-order chi connectivity index (χ1) is 8.65. The Bertz CT molecular complexity index is 465. The lowest BCUT2D eigenvalue weighted by Crippen LogP contribution is -2.30. The van der Waals surface area contributed by atoms with Gasteiger partial charge >= 0.3 is 0 Å². The molecule has 1 fully saturated rings. The number of carbonyl (C=O) groups is 1. The normalized spacial score (nSPS) is 16.3. The van der Waals surface area contributed by atoms with Crippen LogP contribution < -0.4 is 5.32 Å². The van der Waals surface area contributed by atoms with Gasteiger partial charge in [0.2, 0.25) is 5.91 Å². The number of halogens is 2. The standard InChI is InChI=1S/C14H15Cl2NO/c15-11-6-7-13(16)10(9-11)5-8-14(18)17-12-3-1-2-4-12/h5-9,12H,1-4H2,(H,17,18)/b8-5+. The molecular formula is C14H15Cl2NO. The topological polar surface area (TPSA) is 29.1 Å². The molecule has 1 aromatic rings. The van der Waals surface area contributed by atoms with Crippen LogP contribution in [-0.2, 0) is 4.79 Å². The summed E-state index contributed by atoms with van der Waals surface area (Å²) in [6.07, 6.45) is 7.77. The third kappa shape index (κ3) is 3.76. The molecular weight excluding hydrogens is 269 g/mol. The Labute approximate surface area is 117 Å². The van der Waals surface area contributed by atoms with Gasteiger partial charge in [-0.1, -0.05) is 36.0 Å². The molecule has 4 heteroatoms. The second-order valence-electron chi connectivity index (χ2n) is 4.49. The predicted molar refractivity (Wildman–Crippen MR) is 75.9 cm³/mol. The van der Waals surface area contributed by atoms with E-state index in [1.165, 1.54) is 18.9 Å². The van der Waals surface area contributed by atoms with E-state index in [2.05, 4.69) is 5.32 Å². The molecule has 2 nitrogen and oxygen atoms in total. The van der Waals surface area contributed by atoms with Crippen LogP contribution in [0.25, 0.3) is 6.08 Å². The number of hydrogen-bond donors (Lipinski definition) is 1. The van der Waals surface area contributed by atoms with Gasteiger partial charge in [-0.3, -0.25) is 4.79 Å². The van der Waals surface area contributed by atoms with Gasteiger partial charge in [0.15, 0.2) is 0 Å². The molecule has 2 rings (SSSR count).